The Kier molecular flexibility index (Phi) is 4.10. The summed E-state index contributed by atoms with van der Waals surface area (Å²) in [4.78, 5) is 22.4. The zero-order valence-electron chi connectivity index (χ0n) is 10.2. The molecule has 1 aromatic carbocycles. The number of aliphatic carboxylic acids is 1. The van der Waals surface area contributed by atoms with Crippen LogP contribution < -0.4 is 0 Å². The highest BCUT2D eigenvalue weighted by Gasteiger charge is 2.17. The van der Waals surface area contributed by atoms with Crippen LogP contribution in [0.1, 0.15) is 17.3 Å². The number of hydrogen-bond donors (Lipinski definition) is 2. The molecule has 0 aliphatic carbocycles. The van der Waals surface area contributed by atoms with Gasteiger partial charge in [0.05, 0.1) is 4.90 Å². The van der Waals surface area contributed by atoms with E-state index in [1.165, 1.54) is 31.2 Å². The maximum atomic E-state index is 11.8. The summed E-state index contributed by atoms with van der Waals surface area (Å²) in [5.41, 5.74) is -0.225. The van der Waals surface area contributed by atoms with Crippen molar-refractivity contribution in [2.75, 3.05) is 6.26 Å². The normalized spacial score (nSPS) is 12.7. The Morgan fingerprint density at radius 1 is 1.05 bits per heavy atom. The monoisotopic (exact) mass is 284 g/mol. The lowest BCUT2D eigenvalue weighted by atomic mass is 10.0. The number of carboxylic acids is 1. The van der Waals surface area contributed by atoms with Crippen molar-refractivity contribution in [1.82, 2.24) is 0 Å². The Bertz CT molecular complexity index is 652. The fourth-order valence-corrected chi connectivity index (χ4v) is 1.97. The summed E-state index contributed by atoms with van der Waals surface area (Å²) < 4.78 is 22.5. The lowest BCUT2D eigenvalue weighted by Gasteiger charge is -2.04. The molecule has 2 N–H and O–H groups in total. The summed E-state index contributed by atoms with van der Waals surface area (Å²) in [6.07, 6.45) is 1.03. The number of sulfone groups is 1. The fraction of sp³-hybridized carbons (Fsp3) is 0.167. The second-order valence-electron chi connectivity index (χ2n) is 3.90. The van der Waals surface area contributed by atoms with E-state index >= 15 is 0 Å². The highest BCUT2D eigenvalue weighted by Crippen LogP contribution is 2.15. The van der Waals surface area contributed by atoms with E-state index in [9.17, 15) is 23.1 Å². The van der Waals surface area contributed by atoms with Crippen LogP contribution in [0.4, 0.5) is 0 Å². The Labute approximate surface area is 109 Å². The first kappa shape index (κ1) is 14.9. The molecule has 0 amide bonds. The van der Waals surface area contributed by atoms with Gasteiger partial charge in [0.1, 0.15) is 0 Å². The number of hydrogen-bond acceptors (Lipinski definition) is 5. The number of Topliss-reactive ketones (excluding diaryl/α,β-unsaturated/α-hetero) is 1. The number of carboxylic acid groups (broad SMARTS) is 1. The van der Waals surface area contributed by atoms with Crippen molar-refractivity contribution in [3.8, 4) is 0 Å². The van der Waals surface area contributed by atoms with Crippen LogP contribution in [0.25, 0.3) is 0 Å². The van der Waals surface area contributed by atoms with Gasteiger partial charge in [-0.3, -0.25) is 4.79 Å². The lowest BCUT2D eigenvalue weighted by Crippen LogP contribution is -2.10. The second-order valence-corrected chi connectivity index (χ2v) is 5.92. The third kappa shape index (κ3) is 3.41. The van der Waals surface area contributed by atoms with Crippen LogP contribution in [0.15, 0.2) is 40.5 Å². The molecule has 0 atom stereocenters. The summed E-state index contributed by atoms with van der Waals surface area (Å²) in [5.74, 6) is -3.31. The number of ketones is 1. The van der Waals surface area contributed by atoms with Crippen molar-refractivity contribution in [2.24, 2.45) is 0 Å². The van der Waals surface area contributed by atoms with Crippen LogP contribution in [0.3, 0.4) is 0 Å². The minimum atomic E-state index is -3.36. The first-order chi connectivity index (χ1) is 8.64. The average Bonchev–Trinajstić information content (AvgIpc) is 2.35. The molecule has 102 valence electrons. The molecule has 0 fully saturated rings. The maximum absolute atomic E-state index is 11.8. The zero-order chi connectivity index (χ0) is 14.8. The molecule has 7 heteroatoms. The van der Waals surface area contributed by atoms with Gasteiger partial charge in [0, 0.05) is 17.4 Å². The molecule has 0 unspecified atom stereocenters. The Balaban J connectivity index is 3.17. The van der Waals surface area contributed by atoms with Crippen molar-refractivity contribution in [3.05, 3.63) is 41.2 Å². The third-order valence-corrected chi connectivity index (χ3v) is 3.57. The van der Waals surface area contributed by atoms with E-state index in [1.54, 1.807) is 0 Å². The molecule has 0 saturated carbocycles. The Hall–Kier alpha value is -2.15. The molecular formula is C12H12O6S. The number of aliphatic hydroxyl groups excluding tert-OH is 1. The minimum absolute atomic E-state index is 0.0492. The first-order valence-electron chi connectivity index (χ1n) is 5.12. The molecule has 0 aliphatic heterocycles. The van der Waals surface area contributed by atoms with E-state index in [0.29, 0.717) is 0 Å². The summed E-state index contributed by atoms with van der Waals surface area (Å²) >= 11 is 0. The van der Waals surface area contributed by atoms with Crippen LogP contribution in [0, 0.1) is 0 Å². The van der Waals surface area contributed by atoms with Crippen LogP contribution >= 0.6 is 0 Å². The standard InChI is InChI=1S/C12H12O6S/c1-7(11(14)12(15)16)10(13)8-3-5-9(6-4-8)19(2,17)18/h3-6,14H,1-2H3,(H,15,16)/b11-7+. The molecular weight excluding hydrogens is 272 g/mol. The molecule has 0 radical (unpaired) electrons. The van der Waals surface area contributed by atoms with Crippen molar-refractivity contribution in [3.63, 3.8) is 0 Å². The van der Waals surface area contributed by atoms with Gasteiger partial charge < -0.3 is 10.2 Å². The molecule has 0 spiro atoms. The van der Waals surface area contributed by atoms with E-state index in [-0.39, 0.29) is 16.0 Å². The molecule has 0 heterocycles. The smallest absolute Gasteiger partial charge is 0.371 e. The number of aliphatic hydroxyl groups is 1. The topological polar surface area (TPSA) is 109 Å². The van der Waals surface area contributed by atoms with Crippen molar-refractivity contribution >= 4 is 21.6 Å². The van der Waals surface area contributed by atoms with E-state index < -0.39 is 27.3 Å². The van der Waals surface area contributed by atoms with E-state index in [2.05, 4.69) is 0 Å². The molecule has 19 heavy (non-hydrogen) atoms. The quantitative estimate of drug-likeness (QED) is 0.488. The van der Waals surface area contributed by atoms with Crippen molar-refractivity contribution < 1.29 is 28.2 Å². The van der Waals surface area contributed by atoms with E-state index in [4.69, 9.17) is 5.11 Å². The van der Waals surface area contributed by atoms with Gasteiger partial charge in [0.15, 0.2) is 15.6 Å². The second kappa shape index (κ2) is 5.23. The van der Waals surface area contributed by atoms with Gasteiger partial charge in [-0.15, -0.1) is 0 Å². The van der Waals surface area contributed by atoms with Crippen molar-refractivity contribution in [2.45, 2.75) is 11.8 Å². The molecule has 0 aliphatic rings. The molecule has 6 nitrogen and oxygen atoms in total. The predicted molar refractivity (Wildman–Crippen MR) is 66.8 cm³/mol. The average molecular weight is 284 g/mol. The minimum Gasteiger partial charge on any atom is -0.502 e. The highest BCUT2D eigenvalue weighted by molar-refractivity contribution is 7.90. The van der Waals surface area contributed by atoms with E-state index in [1.807, 2.05) is 0 Å². The number of benzene rings is 1. The van der Waals surface area contributed by atoms with Gasteiger partial charge in [-0.1, -0.05) is 0 Å². The predicted octanol–water partition coefficient (Wildman–Crippen LogP) is 1.19. The number of carbonyl (C=O) groups is 2. The summed E-state index contributed by atoms with van der Waals surface area (Å²) in [5, 5.41) is 17.7. The van der Waals surface area contributed by atoms with Gasteiger partial charge in [0.25, 0.3) is 0 Å². The number of allylic oxidation sites excluding steroid dienone is 1. The molecule has 0 bridgehead atoms. The molecule has 0 saturated heterocycles. The first-order valence-corrected chi connectivity index (χ1v) is 7.01. The van der Waals surface area contributed by atoms with Gasteiger partial charge in [-0.25, -0.2) is 13.2 Å². The lowest BCUT2D eigenvalue weighted by molar-refractivity contribution is -0.135. The van der Waals surface area contributed by atoms with Gasteiger partial charge in [-0.2, -0.15) is 0 Å². The number of rotatable bonds is 4. The number of carbonyl (C=O) groups excluding carboxylic acids is 1. The van der Waals surface area contributed by atoms with Crippen LogP contribution in [-0.2, 0) is 14.6 Å². The summed E-state index contributed by atoms with van der Waals surface area (Å²) in [6.45, 7) is 1.18. The zero-order valence-corrected chi connectivity index (χ0v) is 11.1. The third-order valence-electron chi connectivity index (χ3n) is 2.44. The summed E-state index contributed by atoms with van der Waals surface area (Å²) in [6, 6.07) is 5.01. The van der Waals surface area contributed by atoms with Crippen LogP contribution in [-0.4, -0.2) is 36.6 Å². The maximum Gasteiger partial charge on any atom is 0.371 e. The summed E-state index contributed by atoms with van der Waals surface area (Å²) in [7, 11) is -3.36. The Morgan fingerprint density at radius 2 is 1.53 bits per heavy atom. The largest absolute Gasteiger partial charge is 0.502 e. The van der Waals surface area contributed by atoms with Crippen LogP contribution in [0.2, 0.25) is 0 Å². The SMILES string of the molecule is C/C(C(=O)c1ccc(S(C)(=O)=O)cc1)=C(\O)C(=O)O. The van der Waals surface area contributed by atoms with Crippen molar-refractivity contribution in [1.29, 1.82) is 0 Å². The molecule has 1 rings (SSSR count). The highest BCUT2D eigenvalue weighted by atomic mass is 32.2. The van der Waals surface area contributed by atoms with Gasteiger partial charge >= 0.3 is 5.97 Å². The molecule has 1 aromatic rings. The Morgan fingerprint density at radius 3 is 1.89 bits per heavy atom. The fourth-order valence-electron chi connectivity index (χ4n) is 1.34. The molecule has 0 aromatic heterocycles. The van der Waals surface area contributed by atoms with Gasteiger partial charge in [0.2, 0.25) is 5.76 Å². The van der Waals surface area contributed by atoms with Gasteiger partial charge in [-0.05, 0) is 31.2 Å². The van der Waals surface area contributed by atoms with E-state index in [0.717, 1.165) is 6.26 Å². The van der Waals surface area contributed by atoms with Crippen LogP contribution in [0.5, 0.6) is 0 Å².